The highest BCUT2D eigenvalue weighted by Crippen LogP contribution is 2.28. The number of hydrogen-bond donors (Lipinski definition) is 1. The molecule has 0 fully saturated rings. The summed E-state index contributed by atoms with van der Waals surface area (Å²) in [5, 5.41) is 2.76. The summed E-state index contributed by atoms with van der Waals surface area (Å²) in [7, 11) is -1.19. The molecule has 3 aromatic rings. The number of carbonyl (C=O) groups is 2. The maximum Gasteiger partial charge on any atom is 0.338 e. The van der Waals surface area contributed by atoms with Crippen LogP contribution < -0.4 is 10.1 Å². The van der Waals surface area contributed by atoms with Crippen LogP contribution in [0.2, 0.25) is 0 Å². The highest BCUT2D eigenvalue weighted by molar-refractivity contribution is 7.89. The zero-order chi connectivity index (χ0) is 25.4. The molecule has 1 atom stereocenters. The van der Waals surface area contributed by atoms with Crippen molar-refractivity contribution < 1.29 is 27.5 Å². The number of esters is 1. The minimum atomic E-state index is -3.99. The average molecular weight is 497 g/mol. The fraction of sp³-hybridized carbons (Fsp3) is 0.231. The largest absolute Gasteiger partial charge is 0.495 e. The van der Waals surface area contributed by atoms with E-state index in [1.54, 1.807) is 0 Å². The summed E-state index contributed by atoms with van der Waals surface area (Å²) in [6, 6.07) is 22.2. The standard InChI is InChI=1S/C26H28N2O6S/c1-19(21-12-8-5-9-13-21)27-25(29)18-34-26(30)22-14-15-23(33-3)24(16-22)35(31,32)28(2)17-20-10-6-4-7-11-20/h4-16,19H,17-18H2,1-3H3,(H,27,29)/t19-/m1/s1. The molecule has 0 unspecified atom stereocenters. The minimum absolute atomic E-state index is 0.0126. The number of rotatable bonds is 10. The quantitative estimate of drug-likeness (QED) is 0.431. The van der Waals surface area contributed by atoms with Crippen LogP contribution in [-0.2, 0) is 26.1 Å². The molecule has 8 nitrogen and oxygen atoms in total. The van der Waals surface area contributed by atoms with Crippen molar-refractivity contribution in [1.82, 2.24) is 9.62 Å². The Morgan fingerprint density at radius 3 is 2.23 bits per heavy atom. The zero-order valence-corrected chi connectivity index (χ0v) is 20.6. The second kappa shape index (κ2) is 11.6. The number of nitrogens with one attached hydrogen (secondary N) is 1. The van der Waals surface area contributed by atoms with Gasteiger partial charge in [-0.2, -0.15) is 4.31 Å². The monoisotopic (exact) mass is 496 g/mol. The molecule has 184 valence electrons. The van der Waals surface area contributed by atoms with Crippen LogP contribution >= 0.6 is 0 Å². The van der Waals surface area contributed by atoms with E-state index in [4.69, 9.17) is 9.47 Å². The molecule has 0 aliphatic carbocycles. The normalized spacial score (nSPS) is 12.1. The number of sulfonamides is 1. The number of hydrogen-bond acceptors (Lipinski definition) is 6. The van der Waals surface area contributed by atoms with Crippen LogP contribution in [-0.4, -0.2) is 45.4 Å². The number of amides is 1. The molecule has 1 amide bonds. The van der Waals surface area contributed by atoms with Gasteiger partial charge in [0.1, 0.15) is 10.6 Å². The first-order valence-electron chi connectivity index (χ1n) is 10.9. The summed E-state index contributed by atoms with van der Waals surface area (Å²) in [5.74, 6) is -1.20. The molecule has 0 saturated heterocycles. The van der Waals surface area contributed by atoms with Gasteiger partial charge < -0.3 is 14.8 Å². The molecule has 0 bridgehead atoms. The SMILES string of the molecule is COc1ccc(C(=O)OCC(=O)N[C@H](C)c2ccccc2)cc1S(=O)(=O)N(C)Cc1ccccc1. The van der Waals surface area contributed by atoms with Crippen LogP contribution in [0.1, 0.15) is 34.5 Å². The Morgan fingerprint density at radius 1 is 0.971 bits per heavy atom. The minimum Gasteiger partial charge on any atom is -0.495 e. The Morgan fingerprint density at radius 2 is 1.60 bits per heavy atom. The van der Waals surface area contributed by atoms with E-state index in [9.17, 15) is 18.0 Å². The second-order valence-corrected chi connectivity index (χ2v) is 9.90. The molecule has 0 spiro atoms. The van der Waals surface area contributed by atoms with E-state index in [1.165, 1.54) is 36.7 Å². The lowest BCUT2D eigenvalue weighted by atomic mass is 10.1. The third kappa shape index (κ3) is 6.68. The van der Waals surface area contributed by atoms with Crippen LogP contribution in [0, 0.1) is 0 Å². The van der Waals surface area contributed by atoms with E-state index >= 15 is 0 Å². The van der Waals surface area contributed by atoms with E-state index in [1.807, 2.05) is 67.6 Å². The third-order valence-corrected chi connectivity index (χ3v) is 7.17. The molecule has 3 aromatic carbocycles. The van der Waals surface area contributed by atoms with Crippen LogP contribution in [0.4, 0.5) is 0 Å². The lowest BCUT2D eigenvalue weighted by molar-refractivity contribution is -0.124. The van der Waals surface area contributed by atoms with Gasteiger partial charge in [0.25, 0.3) is 5.91 Å². The number of methoxy groups -OCH3 is 1. The van der Waals surface area contributed by atoms with Crippen molar-refractivity contribution >= 4 is 21.9 Å². The number of nitrogens with zero attached hydrogens (tertiary/aromatic N) is 1. The number of carbonyl (C=O) groups excluding carboxylic acids is 2. The van der Waals surface area contributed by atoms with E-state index in [-0.39, 0.29) is 28.8 Å². The molecular formula is C26H28N2O6S. The predicted molar refractivity (Wildman–Crippen MR) is 131 cm³/mol. The summed E-state index contributed by atoms with van der Waals surface area (Å²) >= 11 is 0. The summed E-state index contributed by atoms with van der Waals surface area (Å²) < 4.78 is 38.0. The molecule has 0 aromatic heterocycles. The van der Waals surface area contributed by atoms with Gasteiger partial charge in [-0.15, -0.1) is 0 Å². The van der Waals surface area contributed by atoms with Gasteiger partial charge in [-0.1, -0.05) is 60.7 Å². The molecule has 0 heterocycles. The topological polar surface area (TPSA) is 102 Å². The molecule has 0 saturated carbocycles. The first-order chi connectivity index (χ1) is 16.7. The summed E-state index contributed by atoms with van der Waals surface area (Å²) in [6.07, 6.45) is 0. The fourth-order valence-corrected chi connectivity index (χ4v) is 4.76. The summed E-state index contributed by atoms with van der Waals surface area (Å²) in [4.78, 5) is 24.7. The van der Waals surface area contributed by atoms with Crippen LogP contribution in [0.3, 0.4) is 0 Å². The highest BCUT2D eigenvalue weighted by Gasteiger charge is 2.27. The van der Waals surface area contributed by atoms with Crippen molar-refractivity contribution in [3.63, 3.8) is 0 Å². The molecule has 0 radical (unpaired) electrons. The van der Waals surface area contributed by atoms with Crippen molar-refractivity contribution in [2.24, 2.45) is 0 Å². The van der Waals surface area contributed by atoms with Gasteiger partial charge in [0.15, 0.2) is 6.61 Å². The first-order valence-corrected chi connectivity index (χ1v) is 12.4. The third-order valence-electron chi connectivity index (χ3n) is 5.35. The van der Waals surface area contributed by atoms with Gasteiger partial charge in [-0.05, 0) is 36.2 Å². The van der Waals surface area contributed by atoms with Crippen molar-refractivity contribution in [3.8, 4) is 5.75 Å². The van der Waals surface area contributed by atoms with Crippen molar-refractivity contribution in [2.45, 2.75) is 24.4 Å². The van der Waals surface area contributed by atoms with Crippen molar-refractivity contribution in [3.05, 3.63) is 95.6 Å². The Labute approximate surface area is 205 Å². The second-order valence-electron chi connectivity index (χ2n) is 7.89. The lowest BCUT2D eigenvalue weighted by Crippen LogP contribution is -2.31. The Bertz CT molecular complexity index is 1260. The molecule has 3 rings (SSSR count). The molecule has 1 N–H and O–H groups in total. The molecule has 9 heteroatoms. The van der Waals surface area contributed by atoms with Gasteiger partial charge in [-0.3, -0.25) is 4.79 Å². The van der Waals surface area contributed by atoms with E-state index in [0.29, 0.717) is 0 Å². The van der Waals surface area contributed by atoms with Crippen molar-refractivity contribution in [2.75, 3.05) is 20.8 Å². The summed E-state index contributed by atoms with van der Waals surface area (Å²) in [6.45, 7) is 1.46. The average Bonchev–Trinajstić information content (AvgIpc) is 2.87. The molecular weight excluding hydrogens is 468 g/mol. The summed E-state index contributed by atoms with van der Waals surface area (Å²) in [5.41, 5.74) is 1.71. The highest BCUT2D eigenvalue weighted by atomic mass is 32.2. The Kier molecular flexibility index (Phi) is 8.62. The van der Waals surface area contributed by atoms with Gasteiger partial charge in [0.05, 0.1) is 18.7 Å². The van der Waals surface area contributed by atoms with Crippen molar-refractivity contribution in [1.29, 1.82) is 0 Å². The lowest BCUT2D eigenvalue weighted by Gasteiger charge is -2.19. The maximum atomic E-state index is 13.2. The van der Waals surface area contributed by atoms with E-state index in [2.05, 4.69) is 5.32 Å². The van der Waals surface area contributed by atoms with Crippen LogP contribution in [0.25, 0.3) is 0 Å². The van der Waals surface area contributed by atoms with Gasteiger partial charge >= 0.3 is 5.97 Å². The van der Waals surface area contributed by atoms with Gasteiger partial charge in [0.2, 0.25) is 10.0 Å². The molecule has 35 heavy (non-hydrogen) atoms. The van der Waals surface area contributed by atoms with E-state index in [0.717, 1.165) is 11.1 Å². The molecule has 0 aliphatic rings. The van der Waals surface area contributed by atoms with Crippen LogP contribution in [0.15, 0.2) is 83.8 Å². The maximum absolute atomic E-state index is 13.2. The smallest absolute Gasteiger partial charge is 0.338 e. The number of ether oxygens (including phenoxy) is 2. The fourth-order valence-electron chi connectivity index (χ4n) is 3.42. The predicted octanol–water partition coefficient (Wildman–Crippen LogP) is 3.55. The molecule has 0 aliphatic heterocycles. The van der Waals surface area contributed by atoms with Gasteiger partial charge in [0, 0.05) is 13.6 Å². The Balaban J connectivity index is 1.70. The first kappa shape index (κ1) is 25.9. The zero-order valence-electron chi connectivity index (χ0n) is 19.8. The number of benzene rings is 3. The Hall–Kier alpha value is -3.69. The van der Waals surface area contributed by atoms with Gasteiger partial charge in [-0.25, -0.2) is 13.2 Å². The van der Waals surface area contributed by atoms with Crippen LogP contribution in [0.5, 0.6) is 5.75 Å². The van der Waals surface area contributed by atoms with E-state index < -0.39 is 28.5 Å².